The van der Waals surface area contributed by atoms with Crippen molar-refractivity contribution in [3.8, 4) is 5.69 Å². The van der Waals surface area contributed by atoms with Crippen molar-refractivity contribution in [2.75, 3.05) is 0 Å². The third-order valence-corrected chi connectivity index (χ3v) is 4.43. The summed E-state index contributed by atoms with van der Waals surface area (Å²) in [4.78, 5) is 0. The van der Waals surface area contributed by atoms with Gasteiger partial charge in [-0.15, -0.1) is 0 Å². The van der Waals surface area contributed by atoms with E-state index >= 15 is 0 Å². The lowest BCUT2D eigenvalue weighted by Crippen LogP contribution is -2.22. The summed E-state index contributed by atoms with van der Waals surface area (Å²) in [6.45, 7) is 8.40. The number of nitrogens with zero attached hydrogens (tertiary/aromatic N) is 2. The minimum absolute atomic E-state index is 0.188. The van der Waals surface area contributed by atoms with Crippen molar-refractivity contribution in [3.63, 3.8) is 0 Å². The minimum Gasteiger partial charge on any atom is -0.327 e. The zero-order valence-corrected chi connectivity index (χ0v) is 14.2. The number of hydrogen-bond donors (Lipinski definition) is 1. The van der Waals surface area contributed by atoms with E-state index in [4.69, 9.17) is 5.73 Å². The van der Waals surface area contributed by atoms with E-state index in [2.05, 4.69) is 60.0 Å². The molecule has 0 saturated heterocycles. The van der Waals surface area contributed by atoms with E-state index in [1.807, 2.05) is 11.6 Å². The zero-order valence-electron chi connectivity index (χ0n) is 12.6. The monoisotopic (exact) mass is 335 g/mol. The van der Waals surface area contributed by atoms with Gasteiger partial charge in [0, 0.05) is 16.2 Å². The average Bonchev–Trinajstić information content (AvgIpc) is 2.68. The van der Waals surface area contributed by atoms with E-state index in [1.165, 1.54) is 16.8 Å². The molecular formula is C16H22BrN3. The van der Waals surface area contributed by atoms with Gasteiger partial charge in [0.05, 0.1) is 11.4 Å². The standard InChI is InChI=1S/C16H22BrN3/c1-5-15(18)8-13-6-7-14(17)9-16(13)20-12(4)10(2)11(3)19-20/h6-7,9,15H,5,8,18H2,1-4H3. The van der Waals surface area contributed by atoms with Crippen LogP contribution in [0.3, 0.4) is 0 Å². The molecule has 1 aromatic heterocycles. The lowest BCUT2D eigenvalue weighted by Gasteiger charge is -2.15. The second kappa shape index (κ2) is 6.10. The van der Waals surface area contributed by atoms with Gasteiger partial charge in [-0.05, 0) is 56.9 Å². The number of aromatic nitrogens is 2. The molecule has 2 N–H and O–H groups in total. The largest absolute Gasteiger partial charge is 0.327 e. The van der Waals surface area contributed by atoms with Crippen LogP contribution >= 0.6 is 15.9 Å². The topological polar surface area (TPSA) is 43.8 Å². The van der Waals surface area contributed by atoms with Crippen molar-refractivity contribution < 1.29 is 0 Å². The van der Waals surface area contributed by atoms with Crippen LogP contribution in [0.2, 0.25) is 0 Å². The Hall–Kier alpha value is -1.13. The summed E-state index contributed by atoms with van der Waals surface area (Å²) in [6, 6.07) is 6.52. The number of nitrogens with two attached hydrogens (primary N) is 1. The molecule has 0 radical (unpaired) electrons. The van der Waals surface area contributed by atoms with Crippen LogP contribution < -0.4 is 5.73 Å². The van der Waals surface area contributed by atoms with Crippen molar-refractivity contribution in [2.45, 2.75) is 46.6 Å². The van der Waals surface area contributed by atoms with Gasteiger partial charge in [-0.1, -0.05) is 28.9 Å². The molecule has 1 unspecified atom stereocenters. The summed E-state index contributed by atoms with van der Waals surface area (Å²) >= 11 is 3.55. The second-order valence-electron chi connectivity index (χ2n) is 5.35. The van der Waals surface area contributed by atoms with Crippen LogP contribution in [0.1, 0.15) is 35.9 Å². The molecule has 2 rings (SSSR count). The molecule has 2 aromatic rings. The highest BCUT2D eigenvalue weighted by Crippen LogP contribution is 2.24. The fourth-order valence-electron chi connectivity index (χ4n) is 2.29. The van der Waals surface area contributed by atoms with Gasteiger partial charge in [0.25, 0.3) is 0 Å². The molecule has 1 aromatic carbocycles. The summed E-state index contributed by atoms with van der Waals surface area (Å²) < 4.78 is 3.10. The molecule has 0 bridgehead atoms. The molecule has 0 amide bonds. The summed E-state index contributed by atoms with van der Waals surface area (Å²) in [5.74, 6) is 0. The number of hydrogen-bond acceptors (Lipinski definition) is 2. The summed E-state index contributed by atoms with van der Waals surface area (Å²) in [5, 5.41) is 4.67. The number of benzene rings is 1. The molecule has 0 saturated carbocycles. The zero-order chi connectivity index (χ0) is 14.9. The minimum atomic E-state index is 0.188. The van der Waals surface area contributed by atoms with Crippen LogP contribution in [0.15, 0.2) is 22.7 Å². The Morgan fingerprint density at radius 3 is 2.55 bits per heavy atom. The van der Waals surface area contributed by atoms with Crippen molar-refractivity contribution in [2.24, 2.45) is 5.73 Å². The van der Waals surface area contributed by atoms with Crippen LogP contribution in [-0.4, -0.2) is 15.8 Å². The quantitative estimate of drug-likeness (QED) is 0.922. The van der Waals surface area contributed by atoms with Gasteiger partial charge in [0.15, 0.2) is 0 Å². The van der Waals surface area contributed by atoms with Gasteiger partial charge in [-0.2, -0.15) is 5.10 Å². The lowest BCUT2D eigenvalue weighted by molar-refractivity contribution is 0.641. The Morgan fingerprint density at radius 2 is 2.00 bits per heavy atom. The van der Waals surface area contributed by atoms with Crippen LogP contribution in [0, 0.1) is 20.8 Å². The van der Waals surface area contributed by atoms with Gasteiger partial charge >= 0.3 is 0 Å². The van der Waals surface area contributed by atoms with Crippen LogP contribution in [0.4, 0.5) is 0 Å². The van der Waals surface area contributed by atoms with Gasteiger partial charge in [0.2, 0.25) is 0 Å². The average molecular weight is 336 g/mol. The van der Waals surface area contributed by atoms with Crippen LogP contribution in [0.25, 0.3) is 5.69 Å². The highest BCUT2D eigenvalue weighted by molar-refractivity contribution is 9.10. The van der Waals surface area contributed by atoms with Crippen molar-refractivity contribution >= 4 is 15.9 Å². The fraction of sp³-hybridized carbons (Fsp3) is 0.438. The number of aryl methyl sites for hydroxylation is 1. The molecule has 1 heterocycles. The van der Waals surface area contributed by atoms with Crippen LogP contribution in [0.5, 0.6) is 0 Å². The van der Waals surface area contributed by atoms with Gasteiger partial charge in [-0.3, -0.25) is 0 Å². The molecular weight excluding hydrogens is 314 g/mol. The van der Waals surface area contributed by atoms with Crippen molar-refractivity contribution in [1.29, 1.82) is 0 Å². The third-order valence-electron chi connectivity index (χ3n) is 3.94. The van der Waals surface area contributed by atoms with E-state index < -0.39 is 0 Å². The lowest BCUT2D eigenvalue weighted by atomic mass is 10.0. The van der Waals surface area contributed by atoms with Gasteiger partial charge in [-0.25, -0.2) is 4.68 Å². The van der Waals surface area contributed by atoms with Crippen LogP contribution in [-0.2, 0) is 6.42 Å². The number of rotatable bonds is 4. The maximum Gasteiger partial charge on any atom is 0.0692 e. The predicted octanol–water partition coefficient (Wildman–Crippen LogP) is 3.84. The molecule has 0 spiro atoms. The summed E-state index contributed by atoms with van der Waals surface area (Å²) in [7, 11) is 0. The Morgan fingerprint density at radius 1 is 1.30 bits per heavy atom. The number of halogens is 1. The normalized spacial score (nSPS) is 12.7. The van der Waals surface area contributed by atoms with Gasteiger partial charge < -0.3 is 5.73 Å². The Labute approximate surface area is 129 Å². The second-order valence-corrected chi connectivity index (χ2v) is 6.27. The molecule has 0 fully saturated rings. The molecule has 0 aliphatic carbocycles. The molecule has 0 aliphatic rings. The Kier molecular flexibility index (Phi) is 4.66. The SMILES string of the molecule is CCC(N)Cc1ccc(Br)cc1-n1nc(C)c(C)c1C. The summed E-state index contributed by atoms with van der Waals surface area (Å²) in [6.07, 6.45) is 1.85. The molecule has 20 heavy (non-hydrogen) atoms. The Balaban J connectivity index is 2.53. The van der Waals surface area contributed by atoms with E-state index in [1.54, 1.807) is 0 Å². The van der Waals surface area contributed by atoms with E-state index in [0.29, 0.717) is 0 Å². The van der Waals surface area contributed by atoms with E-state index in [0.717, 1.165) is 28.7 Å². The third kappa shape index (κ3) is 2.96. The first-order valence-electron chi connectivity index (χ1n) is 7.01. The molecule has 1 atom stereocenters. The van der Waals surface area contributed by atoms with Gasteiger partial charge in [0.1, 0.15) is 0 Å². The summed E-state index contributed by atoms with van der Waals surface area (Å²) in [5.41, 5.74) is 12.0. The first kappa shape index (κ1) is 15.3. The van der Waals surface area contributed by atoms with Crippen molar-refractivity contribution in [1.82, 2.24) is 9.78 Å². The maximum absolute atomic E-state index is 6.12. The molecule has 0 aliphatic heterocycles. The van der Waals surface area contributed by atoms with E-state index in [9.17, 15) is 0 Å². The maximum atomic E-state index is 6.12. The highest BCUT2D eigenvalue weighted by atomic mass is 79.9. The Bertz CT molecular complexity index is 616. The first-order valence-corrected chi connectivity index (χ1v) is 7.80. The van der Waals surface area contributed by atoms with Crippen molar-refractivity contribution in [3.05, 3.63) is 45.2 Å². The smallest absolute Gasteiger partial charge is 0.0692 e. The highest BCUT2D eigenvalue weighted by Gasteiger charge is 2.14. The van der Waals surface area contributed by atoms with E-state index in [-0.39, 0.29) is 6.04 Å². The molecule has 4 heteroatoms. The fourth-order valence-corrected chi connectivity index (χ4v) is 2.64. The first-order chi connectivity index (χ1) is 9.43. The molecule has 108 valence electrons. The predicted molar refractivity (Wildman–Crippen MR) is 87.4 cm³/mol. The molecule has 3 nitrogen and oxygen atoms in total.